The van der Waals surface area contributed by atoms with Crippen LogP contribution in [0.5, 0.6) is 0 Å². The molecule has 14 rings (SSSR count). The van der Waals surface area contributed by atoms with Crippen LogP contribution in [0.25, 0.3) is 124 Å². The largest absolute Gasteiger partial charge is 0.274 e. The van der Waals surface area contributed by atoms with E-state index in [1.165, 1.54) is 105 Å². The lowest BCUT2D eigenvalue weighted by Crippen LogP contribution is -2.02. The van der Waals surface area contributed by atoms with Crippen LogP contribution in [0.2, 0.25) is 0 Å². The maximum Gasteiger partial charge on any atom is 0.229 e. The fraction of sp³-hybridized carbons (Fsp3) is 0.0566. The van der Waals surface area contributed by atoms with Gasteiger partial charge in [-0.05, 0) is 67.4 Å². The number of fused-ring (bicyclic) bond motifs is 22. The summed E-state index contributed by atoms with van der Waals surface area (Å²) in [5, 5.41) is 19.9. The van der Waals surface area contributed by atoms with Gasteiger partial charge in [-0.1, -0.05) is 156 Å². The van der Waals surface area contributed by atoms with E-state index in [4.69, 9.17) is 34.8 Å². The third kappa shape index (κ3) is 5.97. The number of halogens is 3. The van der Waals surface area contributed by atoms with Crippen LogP contribution in [0.4, 0.5) is 0 Å². The van der Waals surface area contributed by atoms with Crippen LogP contribution >= 0.6 is 80.1 Å². The third-order valence-corrected chi connectivity index (χ3v) is 16.7. The summed E-state index contributed by atoms with van der Waals surface area (Å²) in [6, 6.07) is 51.8. The molecule has 0 N–H and O–H groups in total. The highest BCUT2D eigenvalue weighted by atomic mass is 35.6. The molecule has 11 heteroatoms. The predicted molar refractivity (Wildman–Crippen MR) is 284 cm³/mol. The molecule has 0 atom stereocenters. The number of thiophene rings is 4. The topological polar surface area (TPSA) is 44.0 Å². The molecule has 0 bridgehead atoms. The van der Waals surface area contributed by atoms with E-state index in [1.54, 1.807) is 59.2 Å². The average Bonchev–Trinajstić information content (AvgIpc) is 4.13. The second-order valence-electron chi connectivity index (χ2n) is 15.7. The molecule has 0 saturated heterocycles. The molecular formula is C53H31Cl3N2O2S4. The van der Waals surface area contributed by atoms with Crippen LogP contribution < -0.4 is 0 Å². The summed E-state index contributed by atoms with van der Waals surface area (Å²) in [5.74, 6) is 0.142. The van der Waals surface area contributed by atoms with Crippen LogP contribution in [0.3, 0.4) is 0 Å². The summed E-state index contributed by atoms with van der Waals surface area (Å²) in [6.45, 7) is 3.34. The second kappa shape index (κ2) is 15.3. The zero-order chi connectivity index (χ0) is 43.5. The van der Waals surface area contributed by atoms with Crippen molar-refractivity contribution in [1.29, 1.82) is 0 Å². The zero-order valence-electron chi connectivity index (χ0n) is 33.9. The Labute approximate surface area is 395 Å². The lowest BCUT2D eigenvalue weighted by molar-refractivity contribution is 0.0938. The van der Waals surface area contributed by atoms with Gasteiger partial charge < -0.3 is 0 Å². The van der Waals surface area contributed by atoms with Crippen molar-refractivity contribution in [2.45, 2.75) is 18.1 Å². The van der Waals surface area contributed by atoms with E-state index in [-0.39, 0.29) is 11.8 Å². The molecule has 14 aromatic rings. The van der Waals surface area contributed by atoms with E-state index in [0.29, 0.717) is 0 Å². The molecule has 0 radical (unpaired) electrons. The van der Waals surface area contributed by atoms with Crippen molar-refractivity contribution < 1.29 is 9.59 Å². The van der Waals surface area contributed by atoms with E-state index in [2.05, 4.69) is 146 Å². The monoisotopic (exact) mass is 960 g/mol. The molecule has 0 fully saturated rings. The number of aromatic nitrogens is 2. The SMILES string of the molecule is CC(=O)n1c2sc3ccc4ccccc4c3c2c2c3c(ccc4ccccc43)sc21.CC(=O)n1c2sc3ccc4ccccc4c3c2c2c3c(ccc4ccccc43)sc21.ClC(Cl)Cl. The van der Waals surface area contributed by atoms with Crippen LogP contribution in [-0.4, -0.2) is 25.2 Å². The van der Waals surface area contributed by atoms with E-state index < -0.39 is 4.30 Å². The molecule has 0 unspecified atom stereocenters. The van der Waals surface area contributed by atoms with E-state index in [0.717, 1.165) is 19.3 Å². The Morgan fingerprint density at radius 3 is 0.797 bits per heavy atom. The lowest BCUT2D eigenvalue weighted by Gasteiger charge is -2.01. The van der Waals surface area contributed by atoms with Gasteiger partial charge in [0.1, 0.15) is 19.3 Å². The minimum Gasteiger partial charge on any atom is -0.274 e. The van der Waals surface area contributed by atoms with Crippen molar-refractivity contribution in [2.24, 2.45) is 0 Å². The number of nitrogens with zero attached hydrogens (tertiary/aromatic N) is 2. The number of carbonyl (C=O) groups is 2. The molecule has 0 amide bonds. The molecule has 0 aliphatic rings. The summed E-state index contributed by atoms with van der Waals surface area (Å²) in [5.41, 5.74) is 0. The highest BCUT2D eigenvalue weighted by Gasteiger charge is 2.26. The quantitative estimate of drug-likeness (QED) is 0.142. The normalized spacial score (nSPS) is 12.1. The molecule has 6 heterocycles. The van der Waals surface area contributed by atoms with Crippen LogP contribution in [0.15, 0.2) is 146 Å². The van der Waals surface area contributed by atoms with Gasteiger partial charge in [0, 0.05) is 75.7 Å². The summed E-state index contributed by atoms with van der Waals surface area (Å²) in [7, 11) is 0. The third-order valence-electron chi connectivity index (χ3n) is 12.2. The number of rotatable bonds is 0. The molecule has 310 valence electrons. The molecule has 0 spiro atoms. The fourth-order valence-electron chi connectivity index (χ4n) is 9.74. The Morgan fingerprint density at radius 1 is 0.359 bits per heavy atom. The van der Waals surface area contributed by atoms with Gasteiger partial charge in [-0.25, -0.2) is 0 Å². The van der Waals surface area contributed by atoms with Crippen molar-refractivity contribution in [3.8, 4) is 0 Å². The molecule has 0 aliphatic heterocycles. The first-order chi connectivity index (χ1) is 31.2. The predicted octanol–water partition coefficient (Wildman–Crippen LogP) is 18.4. The van der Waals surface area contributed by atoms with Gasteiger partial charge in [-0.15, -0.1) is 45.3 Å². The van der Waals surface area contributed by atoms with E-state index >= 15 is 0 Å². The Kier molecular flexibility index (Phi) is 9.55. The van der Waals surface area contributed by atoms with Gasteiger partial charge in [0.15, 0.2) is 4.30 Å². The lowest BCUT2D eigenvalue weighted by atomic mass is 10.0. The van der Waals surface area contributed by atoms with E-state index in [9.17, 15) is 9.59 Å². The Morgan fingerprint density at radius 2 is 0.578 bits per heavy atom. The van der Waals surface area contributed by atoms with Crippen molar-refractivity contribution >= 4 is 216 Å². The van der Waals surface area contributed by atoms with Gasteiger partial charge in [-0.3, -0.25) is 18.7 Å². The molecule has 0 aliphatic carbocycles. The Bertz CT molecular complexity index is 3750. The van der Waals surface area contributed by atoms with Gasteiger partial charge in [0.2, 0.25) is 11.8 Å². The summed E-state index contributed by atoms with van der Waals surface area (Å²) < 4.78 is 8.04. The zero-order valence-corrected chi connectivity index (χ0v) is 39.4. The maximum absolute atomic E-state index is 12.8. The van der Waals surface area contributed by atoms with Crippen LogP contribution in [-0.2, 0) is 0 Å². The van der Waals surface area contributed by atoms with Gasteiger partial charge in [-0.2, -0.15) is 0 Å². The first kappa shape index (κ1) is 40.0. The number of benzene rings is 8. The maximum atomic E-state index is 12.8. The molecule has 4 nitrogen and oxygen atoms in total. The Balaban J connectivity index is 0.000000125. The smallest absolute Gasteiger partial charge is 0.229 e. The van der Waals surface area contributed by atoms with Gasteiger partial charge >= 0.3 is 0 Å². The minimum absolute atomic E-state index is 0.0710. The van der Waals surface area contributed by atoms with Crippen molar-refractivity contribution in [3.63, 3.8) is 0 Å². The number of carbonyl (C=O) groups excluding carboxylic acids is 2. The standard InChI is InChI=1S/2C26H15NOS2.CHCl3/c2*1-14(28)27-25-23(21-17-8-4-2-6-15(17)10-12-19(21)29-25)24-22-18-9-5-3-7-16(18)11-13-20(22)30-26(24)27;2-1(3)4/h2*2-13H,1H3;1H. The van der Waals surface area contributed by atoms with E-state index in [1.807, 2.05) is 9.13 Å². The molecule has 0 saturated carbocycles. The van der Waals surface area contributed by atoms with Crippen LogP contribution in [0, 0.1) is 0 Å². The van der Waals surface area contributed by atoms with Crippen molar-refractivity contribution in [2.75, 3.05) is 0 Å². The molecule has 8 aromatic carbocycles. The second-order valence-corrected chi connectivity index (χ2v) is 21.8. The summed E-state index contributed by atoms with van der Waals surface area (Å²) in [6.07, 6.45) is 0. The highest BCUT2D eigenvalue weighted by Crippen LogP contribution is 2.52. The Hall–Kier alpha value is -5.55. The summed E-state index contributed by atoms with van der Waals surface area (Å²) in [4.78, 5) is 29.8. The molecule has 64 heavy (non-hydrogen) atoms. The number of hydrogen-bond donors (Lipinski definition) is 0. The van der Waals surface area contributed by atoms with Crippen molar-refractivity contribution in [1.82, 2.24) is 9.13 Å². The minimum atomic E-state index is -0.750. The first-order valence-electron chi connectivity index (χ1n) is 20.5. The van der Waals surface area contributed by atoms with Gasteiger partial charge in [0.05, 0.1) is 0 Å². The van der Waals surface area contributed by atoms with Crippen LogP contribution in [0.1, 0.15) is 23.4 Å². The number of hydrogen-bond acceptors (Lipinski definition) is 6. The first-order valence-corrected chi connectivity index (χ1v) is 25.1. The van der Waals surface area contributed by atoms with Crippen molar-refractivity contribution in [3.05, 3.63) is 146 Å². The molecule has 6 aromatic heterocycles. The fourth-order valence-corrected chi connectivity index (χ4v) is 15.0. The average molecular weight is 962 g/mol. The van der Waals surface area contributed by atoms with Gasteiger partial charge in [0.25, 0.3) is 0 Å². The highest BCUT2D eigenvalue weighted by molar-refractivity contribution is 7.30. The molecular weight excluding hydrogens is 931 g/mol. The number of alkyl halides is 3. The summed E-state index contributed by atoms with van der Waals surface area (Å²) >= 11 is 21.3.